The highest BCUT2D eigenvalue weighted by Gasteiger charge is 2.10. The standard InChI is InChI=1S/C12H12Cl2N4O/c1-18(7-8-3-5-9(13)6-4-8)11-15-10(14)16-12(17-11)19-2/h3-6H,7H2,1-2H3. The zero-order valence-electron chi connectivity index (χ0n) is 10.5. The van der Waals surface area contributed by atoms with Crippen LogP contribution in [0.5, 0.6) is 6.01 Å². The molecule has 0 fully saturated rings. The highest BCUT2D eigenvalue weighted by atomic mass is 35.5. The molecule has 0 aliphatic carbocycles. The normalized spacial score (nSPS) is 10.3. The maximum absolute atomic E-state index is 5.85. The number of hydrogen-bond acceptors (Lipinski definition) is 5. The predicted octanol–water partition coefficient (Wildman–Crippen LogP) is 2.82. The summed E-state index contributed by atoms with van der Waals surface area (Å²) in [5.41, 5.74) is 1.09. The molecule has 1 aromatic heterocycles. The molecular weight excluding hydrogens is 287 g/mol. The Morgan fingerprint density at radius 3 is 2.42 bits per heavy atom. The van der Waals surface area contributed by atoms with Gasteiger partial charge in [-0.05, 0) is 29.3 Å². The summed E-state index contributed by atoms with van der Waals surface area (Å²) in [5, 5.41) is 0.807. The molecule has 0 bridgehead atoms. The smallest absolute Gasteiger partial charge is 0.322 e. The van der Waals surface area contributed by atoms with E-state index in [1.54, 1.807) is 0 Å². The SMILES string of the molecule is COc1nc(Cl)nc(N(C)Cc2ccc(Cl)cc2)n1. The molecule has 2 rings (SSSR count). The number of halogens is 2. The third kappa shape index (κ3) is 3.68. The number of anilines is 1. The molecule has 0 amide bonds. The number of benzene rings is 1. The molecule has 0 aliphatic rings. The summed E-state index contributed by atoms with van der Waals surface area (Å²) in [7, 11) is 3.34. The van der Waals surface area contributed by atoms with Crippen LogP contribution in [0, 0.1) is 0 Å². The first-order valence-corrected chi connectivity index (χ1v) is 6.25. The van der Waals surface area contributed by atoms with Crippen LogP contribution < -0.4 is 9.64 Å². The van der Waals surface area contributed by atoms with Crippen molar-refractivity contribution in [1.29, 1.82) is 0 Å². The Bertz CT molecular complexity index is 562. The average Bonchev–Trinajstić information content (AvgIpc) is 2.40. The van der Waals surface area contributed by atoms with Gasteiger partial charge in [0.1, 0.15) is 0 Å². The maximum atomic E-state index is 5.85. The molecule has 1 heterocycles. The summed E-state index contributed by atoms with van der Waals surface area (Å²) in [6.45, 7) is 0.626. The van der Waals surface area contributed by atoms with E-state index in [1.807, 2.05) is 36.2 Å². The second kappa shape index (κ2) is 6.04. The van der Waals surface area contributed by atoms with E-state index in [9.17, 15) is 0 Å². The van der Waals surface area contributed by atoms with Crippen LogP contribution in [0.2, 0.25) is 10.3 Å². The zero-order chi connectivity index (χ0) is 13.8. The Labute approximate surface area is 121 Å². The molecule has 19 heavy (non-hydrogen) atoms. The highest BCUT2D eigenvalue weighted by Crippen LogP contribution is 2.17. The van der Waals surface area contributed by atoms with Crippen LogP contribution in [0.15, 0.2) is 24.3 Å². The van der Waals surface area contributed by atoms with Gasteiger partial charge in [-0.15, -0.1) is 0 Å². The fourth-order valence-corrected chi connectivity index (χ4v) is 1.79. The Morgan fingerprint density at radius 2 is 1.79 bits per heavy atom. The Balaban J connectivity index is 2.17. The summed E-state index contributed by atoms with van der Waals surface area (Å²) in [4.78, 5) is 13.9. The van der Waals surface area contributed by atoms with Crippen molar-refractivity contribution in [1.82, 2.24) is 15.0 Å². The Kier molecular flexibility index (Phi) is 4.39. The van der Waals surface area contributed by atoms with Crippen LogP contribution in [-0.4, -0.2) is 29.1 Å². The van der Waals surface area contributed by atoms with Crippen LogP contribution in [-0.2, 0) is 6.54 Å². The summed E-state index contributed by atoms with van der Waals surface area (Å²) in [5.74, 6) is 0.451. The molecule has 0 N–H and O–H groups in total. The van der Waals surface area contributed by atoms with Gasteiger partial charge in [0, 0.05) is 18.6 Å². The molecule has 0 saturated heterocycles. The second-order valence-electron chi connectivity index (χ2n) is 3.87. The second-order valence-corrected chi connectivity index (χ2v) is 4.65. The van der Waals surface area contributed by atoms with Crippen molar-refractivity contribution in [3.8, 4) is 6.01 Å². The van der Waals surface area contributed by atoms with Gasteiger partial charge in [-0.1, -0.05) is 23.7 Å². The van der Waals surface area contributed by atoms with Gasteiger partial charge in [-0.25, -0.2) is 0 Å². The minimum Gasteiger partial charge on any atom is -0.467 e. The molecule has 0 spiro atoms. The van der Waals surface area contributed by atoms with Crippen molar-refractivity contribution in [2.24, 2.45) is 0 Å². The molecular formula is C12H12Cl2N4O. The lowest BCUT2D eigenvalue weighted by Gasteiger charge is -2.17. The van der Waals surface area contributed by atoms with E-state index in [2.05, 4.69) is 15.0 Å². The van der Waals surface area contributed by atoms with Gasteiger partial charge < -0.3 is 9.64 Å². The van der Waals surface area contributed by atoms with Crippen molar-refractivity contribution < 1.29 is 4.74 Å². The first kappa shape index (κ1) is 13.8. The fraction of sp³-hybridized carbons (Fsp3) is 0.250. The molecule has 0 saturated carbocycles. The van der Waals surface area contributed by atoms with Gasteiger partial charge in [0.15, 0.2) is 0 Å². The molecule has 7 heteroatoms. The topological polar surface area (TPSA) is 51.1 Å². The first-order chi connectivity index (χ1) is 9.08. The number of hydrogen-bond donors (Lipinski definition) is 0. The van der Waals surface area contributed by atoms with E-state index < -0.39 is 0 Å². The zero-order valence-corrected chi connectivity index (χ0v) is 12.0. The van der Waals surface area contributed by atoms with E-state index in [-0.39, 0.29) is 11.3 Å². The van der Waals surface area contributed by atoms with Crippen LogP contribution in [0.25, 0.3) is 0 Å². The summed E-state index contributed by atoms with van der Waals surface area (Å²) < 4.78 is 4.96. The third-order valence-corrected chi connectivity index (χ3v) is 2.85. The van der Waals surface area contributed by atoms with Crippen LogP contribution in [0.3, 0.4) is 0 Å². The van der Waals surface area contributed by atoms with Crippen molar-refractivity contribution in [3.63, 3.8) is 0 Å². The lowest BCUT2D eigenvalue weighted by molar-refractivity contribution is 0.378. The third-order valence-electron chi connectivity index (χ3n) is 2.43. The van der Waals surface area contributed by atoms with E-state index in [1.165, 1.54) is 7.11 Å². The quantitative estimate of drug-likeness (QED) is 0.869. The monoisotopic (exact) mass is 298 g/mol. The predicted molar refractivity (Wildman–Crippen MR) is 74.9 cm³/mol. The molecule has 0 atom stereocenters. The first-order valence-electron chi connectivity index (χ1n) is 5.49. The number of ether oxygens (including phenoxy) is 1. The van der Waals surface area contributed by atoms with Crippen LogP contribution in [0.4, 0.5) is 5.95 Å². The molecule has 0 unspecified atom stereocenters. The van der Waals surface area contributed by atoms with E-state index in [0.29, 0.717) is 17.5 Å². The lowest BCUT2D eigenvalue weighted by Crippen LogP contribution is -2.19. The summed E-state index contributed by atoms with van der Waals surface area (Å²) in [6, 6.07) is 7.76. The van der Waals surface area contributed by atoms with Crippen LogP contribution in [0.1, 0.15) is 5.56 Å². The summed E-state index contributed by atoms with van der Waals surface area (Å²) in [6.07, 6.45) is 0. The van der Waals surface area contributed by atoms with Gasteiger partial charge in [0.05, 0.1) is 7.11 Å². The van der Waals surface area contributed by atoms with Crippen LogP contribution >= 0.6 is 23.2 Å². The van der Waals surface area contributed by atoms with Gasteiger partial charge in [-0.2, -0.15) is 15.0 Å². The summed E-state index contributed by atoms with van der Waals surface area (Å²) >= 11 is 11.7. The minimum atomic E-state index is 0.102. The number of methoxy groups -OCH3 is 1. The molecule has 0 aliphatic heterocycles. The number of aromatic nitrogens is 3. The van der Waals surface area contributed by atoms with E-state index in [0.717, 1.165) is 5.56 Å². The highest BCUT2D eigenvalue weighted by molar-refractivity contribution is 6.30. The Hall–Kier alpha value is -1.59. The molecule has 0 radical (unpaired) electrons. The van der Waals surface area contributed by atoms with Gasteiger partial charge in [0.25, 0.3) is 0 Å². The fourth-order valence-electron chi connectivity index (χ4n) is 1.52. The number of nitrogens with zero attached hydrogens (tertiary/aromatic N) is 4. The largest absolute Gasteiger partial charge is 0.467 e. The van der Waals surface area contributed by atoms with Crippen molar-refractivity contribution in [3.05, 3.63) is 40.1 Å². The molecule has 2 aromatic rings. The van der Waals surface area contributed by atoms with Crippen molar-refractivity contribution in [2.45, 2.75) is 6.54 Å². The van der Waals surface area contributed by atoms with E-state index in [4.69, 9.17) is 27.9 Å². The Morgan fingerprint density at radius 1 is 1.11 bits per heavy atom. The van der Waals surface area contributed by atoms with Gasteiger partial charge in [-0.3, -0.25) is 0 Å². The van der Waals surface area contributed by atoms with Crippen molar-refractivity contribution in [2.75, 3.05) is 19.1 Å². The van der Waals surface area contributed by atoms with Crippen molar-refractivity contribution >= 4 is 29.2 Å². The maximum Gasteiger partial charge on any atom is 0.322 e. The minimum absolute atomic E-state index is 0.102. The lowest BCUT2D eigenvalue weighted by atomic mass is 10.2. The average molecular weight is 299 g/mol. The number of rotatable bonds is 4. The van der Waals surface area contributed by atoms with Gasteiger partial charge in [0.2, 0.25) is 11.2 Å². The van der Waals surface area contributed by atoms with Gasteiger partial charge >= 0.3 is 6.01 Å². The van der Waals surface area contributed by atoms with E-state index >= 15 is 0 Å². The molecule has 5 nitrogen and oxygen atoms in total. The molecule has 1 aromatic carbocycles. The molecule has 100 valence electrons.